The standard InChI is InChI=1S/C21H24ClFO5S/c1-13(2)29(25,26)15-7-8-18(23)16(11-15)17-10-14(22)6-9-19(17)27-12-20(24)28-21(3,4)5/h6-11,13H,12H2,1-5H3. The summed E-state index contributed by atoms with van der Waals surface area (Å²) >= 11 is 6.06. The largest absolute Gasteiger partial charge is 0.481 e. The van der Waals surface area contributed by atoms with Crippen molar-refractivity contribution in [3.8, 4) is 16.9 Å². The zero-order chi connectivity index (χ0) is 22.0. The van der Waals surface area contributed by atoms with Crippen molar-refractivity contribution in [1.82, 2.24) is 0 Å². The summed E-state index contributed by atoms with van der Waals surface area (Å²) in [5.41, 5.74) is -0.428. The highest BCUT2D eigenvalue weighted by atomic mass is 35.5. The minimum atomic E-state index is -3.61. The molecule has 0 aliphatic carbocycles. The van der Waals surface area contributed by atoms with Crippen molar-refractivity contribution in [2.75, 3.05) is 6.61 Å². The molecule has 0 aliphatic heterocycles. The zero-order valence-electron chi connectivity index (χ0n) is 17.0. The van der Waals surface area contributed by atoms with Crippen LogP contribution in [0.2, 0.25) is 5.02 Å². The highest BCUT2D eigenvalue weighted by Crippen LogP contribution is 2.36. The first-order chi connectivity index (χ1) is 13.3. The van der Waals surface area contributed by atoms with Crippen LogP contribution in [0.15, 0.2) is 41.3 Å². The van der Waals surface area contributed by atoms with E-state index in [1.54, 1.807) is 34.6 Å². The highest BCUT2D eigenvalue weighted by Gasteiger charge is 2.23. The van der Waals surface area contributed by atoms with Crippen molar-refractivity contribution in [1.29, 1.82) is 0 Å². The summed E-state index contributed by atoms with van der Waals surface area (Å²) in [5.74, 6) is -1.05. The van der Waals surface area contributed by atoms with Gasteiger partial charge in [-0.3, -0.25) is 0 Å². The van der Waals surface area contributed by atoms with Gasteiger partial charge in [0.15, 0.2) is 16.4 Å². The van der Waals surface area contributed by atoms with Gasteiger partial charge in [-0.05, 0) is 71.0 Å². The number of ether oxygens (including phenoxy) is 2. The lowest BCUT2D eigenvalue weighted by Crippen LogP contribution is -2.27. The monoisotopic (exact) mass is 442 g/mol. The highest BCUT2D eigenvalue weighted by molar-refractivity contribution is 7.92. The average Bonchev–Trinajstić information content (AvgIpc) is 2.59. The molecular weight excluding hydrogens is 419 g/mol. The zero-order valence-corrected chi connectivity index (χ0v) is 18.5. The first kappa shape index (κ1) is 23.2. The molecule has 0 saturated carbocycles. The van der Waals surface area contributed by atoms with E-state index in [0.717, 1.165) is 6.07 Å². The number of carbonyl (C=O) groups excluding carboxylic acids is 1. The molecule has 0 atom stereocenters. The van der Waals surface area contributed by atoms with Crippen LogP contribution in [-0.4, -0.2) is 31.8 Å². The van der Waals surface area contributed by atoms with Gasteiger partial charge < -0.3 is 9.47 Å². The van der Waals surface area contributed by atoms with E-state index in [1.807, 2.05) is 0 Å². The summed E-state index contributed by atoms with van der Waals surface area (Å²) < 4.78 is 50.3. The summed E-state index contributed by atoms with van der Waals surface area (Å²) in [6.45, 7) is 7.90. The van der Waals surface area contributed by atoms with Gasteiger partial charge in [0.2, 0.25) is 0 Å². The molecule has 0 fully saturated rings. The molecule has 2 rings (SSSR count). The Hall–Kier alpha value is -2.12. The predicted molar refractivity (Wildman–Crippen MR) is 111 cm³/mol. The van der Waals surface area contributed by atoms with Crippen LogP contribution >= 0.6 is 11.6 Å². The molecule has 5 nitrogen and oxygen atoms in total. The Morgan fingerprint density at radius 2 is 1.76 bits per heavy atom. The number of benzene rings is 2. The Bertz CT molecular complexity index is 1010. The molecule has 0 aliphatic rings. The smallest absolute Gasteiger partial charge is 0.344 e. The molecule has 0 amide bonds. The number of esters is 1. The number of halogens is 2. The minimum absolute atomic E-state index is 0.00779. The van der Waals surface area contributed by atoms with Gasteiger partial charge >= 0.3 is 5.97 Å². The van der Waals surface area contributed by atoms with Gasteiger partial charge in [-0.1, -0.05) is 11.6 Å². The molecule has 0 bridgehead atoms. The van der Waals surface area contributed by atoms with E-state index < -0.39 is 39.1 Å². The summed E-state index contributed by atoms with van der Waals surface area (Å²) in [4.78, 5) is 11.9. The van der Waals surface area contributed by atoms with Crippen LogP contribution in [0, 0.1) is 5.82 Å². The second-order valence-electron chi connectivity index (χ2n) is 7.75. The number of hydrogen-bond donors (Lipinski definition) is 0. The summed E-state index contributed by atoms with van der Waals surface area (Å²) in [7, 11) is -3.61. The van der Waals surface area contributed by atoms with Crippen molar-refractivity contribution in [2.45, 2.75) is 50.4 Å². The Morgan fingerprint density at radius 1 is 1.10 bits per heavy atom. The first-order valence-corrected chi connectivity index (χ1v) is 10.9. The van der Waals surface area contributed by atoms with Crippen LogP contribution < -0.4 is 4.74 Å². The van der Waals surface area contributed by atoms with Crippen LogP contribution in [0.5, 0.6) is 5.75 Å². The Morgan fingerprint density at radius 3 is 2.34 bits per heavy atom. The van der Waals surface area contributed by atoms with Gasteiger partial charge in [0.1, 0.15) is 17.2 Å². The third kappa shape index (κ3) is 5.93. The van der Waals surface area contributed by atoms with Crippen molar-refractivity contribution in [2.24, 2.45) is 0 Å². The molecule has 0 aromatic heterocycles. The average molecular weight is 443 g/mol. The third-order valence-electron chi connectivity index (χ3n) is 3.88. The topological polar surface area (TPSA) is 69.7 Å². The van der Waals surface area contributed by atoms with E-state index in [0.29, 0.717) is 5.02 Å². The van der Waals surface area contributed by atoms with E-state index in [-0.39, 0.29) is 21.8 Å². The molecule has 0 spiro atoms. The summed E-state index contributed by atoms with van der Waals surface area (Å²) in [6, 6.07) is 8.03. The molecule has 29 heavy (non-hydrogen) atoms. The van der Waals surface area contributed by atoms with Crippen LogP contribution in [0.3, 0.4) is 0 Å². The Labute approximate surface area is 175 Å². The van der Waals surface area contributed by atoms with E-state index in [9.17, 15) is 17.6 Å². The molecule has 158 valence electrons. The molecule has 2 aromatic carbocycles. The lowest BCUT2D eigenvalue weighted by atomic mass is 10.0. The van der Waals surface area contributed by atoms with Gasteiger partial charge in [-0.15, -0.1) is 0 Å². The Balaban J connectivity index is 2.45. The molecule has 8 heteroatoms. The van der Waals surface area contributed by atoms with Gasteiger partial charge in [-0.2, -0.15) is 0 Å². The fourth-order valence-corrected chi connectivity index (χ4v) is 3.76. The molecule has 0 radical (unpaired) electrons. The normalized spacial score (nSPS) is 12.1. The van der Waals surface area contributed by atoms with E-state index in [1.165, 1.54) is 30.3 Å². The lowest BCUT2D eigenvalue weighted by molar-refractivity contribution is -0.157. The second kappa shape index (κ2) is 8.71. The second-order valence-corrected chi connectivity index (χ2v) is 10.7. The van der Waals surface area contributed by atoms with E-state index in [4.69, 9.17) is 21.1 Å². The van der Waals surface area contributed by atoms with Crippen molar-refractivity contribution < 1.29 is 27.1 Å². The van der Waals surface area contributed by atoms with Gasteiger partial charge in [0.25, 0.3) is 0 Å². The fourth-order valence-electron chi connectivity index (χ4n) is 2.51. The molecule has 0 heterocycles. The molecule has 2 aromatic rings. The fraction of sp³-hybridized carbons (Fsp3) is 0.381. The maximum Gasteiger partial charge on any atom is 0.344 e. The van der Waals surface area contributed by atoms with Gasteiger partial charge in [-0.25, -0.2) is 17.6 Å². The van der Waals surface area contributed by atoms with Crippen LogP contribution in [0.4, 0.5) is 4.39 Å². The maximum absolute atomic E-state index is 14.6. The predicted octanol–water partition coefficient (Wildman–Crippen LogP) is 5.05. The molecule has 0 N–H and O–H groups in total. The number of carbonyl (C=O) groups is 1. The first-order valence-electron chi connectivity index (χ1n) is 8.99. The lowest BCUT2D eigenvalue weighted by Gasteiger charge is -2.20. The van der Waals surface area contributed by atoms with E-state index in [2.05, 4.69) is 0 Å². The number of rotatable bonds is 6. The van der Waals surface area contributed by atoms with Crippen LogP contribution in [0.1, 0.15) is 34.6 Å². The van der Waals surface area contributed by atoms with Crippen LogP contribution in [0.25, 0.3) is 11.1 Å². The van der Waals surface area contributed by atoms with E-state index >= 15 is 0 Å². The third-order valence-corrected chi connectivity index (χ3v) is 6.27. The molecule has 0 saturated heterocycles. The number of hydrogen-bond acceptors (Lipinski definition) is 5. The van der Waals surface area contributed by atoms with Crippen molar-refractivity contribution in [3.63, 3.8) is 0 Å². The molecular formula is C21H24ClFO5S. The van der Waals surface area contributed by atoms with Gasteiger partial charge in [0, 0.05) is 16.1 Å². The SMILES string of the molecule is CC(C)S(=O)(=O)c1ccc(F)c(-c2cc(Cl)ccc2OCC(=O)OC(C)(C)C)c1. The molecule has 0 unspecified atom stereocenters. The van der Waals surface area contributed by atoms with Gasteiger partial charge in [0.05, 0.1) is 10.1 Å². The maximum atomic E-state index is 14.6. The van der Waals surface area contributed by atoms with Crippen molar-refractivity contribution >= 4 is 27.4 Å². The summed E-state index contributed by atoms with van der Waals surface area (Å²) in [5, 5.41) is -0.357. The quantitative estimate of drug-likeness (QED) is 0.462. The summed E-state index contributed by atoms with van der Waals surface area (Å²) in [6.07, 6.45) is 0. The van der Waals surface area contributed by atoms with Crippen molar-refractivity contribution in [3.05, 3.63) is 47.2 Å². The minimum Gasteiger partial charge on any atom is -0.481 e. The van der Waals surface area contributed by atoms with Crippen LogP contribution in [-0.2, 0) is 19.4 Å². The number of sulfone groups is 1. The Kier molecular flexibility index (Phi) is 6.96.